The number of pyridine rings is 1. The number of nitrogens with one attached hydrogen (secondary N) is 1. The lowest BCUT2D eigenvalue weighted by Gasteiger charge is -2.17. The lowest BCUT2D eigenvalue weighted by Crippen LogP contribution is -2.19. The van der Waals surface area contributed by atoms with Crippen molar-refractivity contribution in [3.63, 3.8) is 0 Å². The Labute approximate surface area is 150 Å². The van der Waals surface area contributed by atoms with E-state index >= 15 is 0 Å². The molecule has 1 aromatic heterocycles. The average Bonchev–Trinajstić information content (AvgIpc) is 3.10. The van der Waals surface area contributed by atoms with Gasteiger partial charge in [0.2, 0.25) is 0 Å². The molecule has 0 aliphatic carbocycles. The molecule has 1 amide bonds. The summed E-state index contributed by atoms with van der Waals surface area (Å²) in [5.41, 5.74) is 6.69. The van der Waals surface area contributed by atoms with Gasteiger partial charge in [0, 0.05) is 24.7 Å². The fourth-order valence-corrected chi connectivity index (χ4v) is 2.72. The molecule has 1 saturated heterocycles. The highest BCUT2D eigenvalue weighted by Crippen LogP contribution is 2.31. The van der Waals surface area contributed by atoms with Crippen molar-refractivity contribution in [3.05, 3.63) is 52.2 Å². The molecular weight excluding hydrogens is 346 g/mol. The van der Waals surface area contributed by atoms with Gasteiger partial charge in [0.05, 0.1) is 16.8 Å². The molecule has 2 heterocycles. The highest BCUT2D eigenvalue weighted by molar-refractivity contribution is 6.05. The quantitative estimate of drug-likeness (QED) is 0.637. The SMILES string of the molecule is Cl.Nc1ccc(NC(=O)c2ccc(N3CCCC3)c([N+](=O)[O-])c2)cn1. The van der Waals surface area contributed by atoms with Gasteiger partial charge in [-0.2, -0.15) is 0 Å². The number of nitro benzene ring substituents is 1. The number of halogens is 1. The number of amides is 1. The molecule has 0 spiro atoms. The number of nitrogens with two attached hydrogens (primary N) is 1. The van der Waals surface area contributed by atoms with Crippen LogP contribution in [0.1, 0.15) is 23.2 Å². The first-order valence-corrected chi connectivity index (χ1v) is 7.61. The minimum atomic E-state index is -0.449. The number of benzene rings is 1. The van der Waals surface area contributed by atoms with Gasteiger partial charge in [0.25, 0.3) is 11.6 Å². The van der Waals surface area contributed by atoms with Gasteiger partial charge in [-0.25, -0.2) is 4.98 Å². The number of carbonyl (C=O) groups excluding carboxylic acids is 1. The summed E-state index contributed by atoms with van der Waals surface area (Å²) >= 11 is 0. The zero-order valence-corrected chi connectivity index (χ0v) is 14.2. The number of nitrogen functional groups attached to an aromatic ring is 1. The fourth-order valence-electron chi connectivity index (χ4n) is 2.72. The molecule has 0 bridgehead atoms. The molecule has 2 aromatic rings. The van der Waals surface area contributed by atoms with E-state index < -0.39 is 10.8 Å². The van der Waals surface area contributed by atoms with Crippen LogP contribution in [0.5, 0.6) is 0 Å². The molecule has 0 saturated carbocycles. The Morgan fingerprint density at radius 2 is 1.96 bits per heavy atom. The molecule has 0 unspecified atom stereocenters. The number of hydrogen-bond donors (Lipinski definition) is 2. The third kappa shape index (κ3) is 4.16. The maximum atomic E-state index is 12.3. The third-order valence-electron chi connectivity index (χ3n) is 3.93. The molecule has 1 aliphatic heterocycles. The number of nitro groups is 1. The van der Waals surface area contributed by atoms with Crippen LogP contribution < -0.4 is 16.0 Å². The first-order valence-electron chi connectivity index (χ1n) is 7.61. The number of nitrogens with zero attached hydrogens (tertiary/aromatic N) is 3. The van der Waals surface area contributed by atoms with Crippen molar-refractivity contribution < 1.29 is 9.72 Å². The smallest absolute Gasteiger partial charge is 0.293 e. The Bertz CT molecular complexity index is 776. The molecule has 3 rings (SSSR count). The van der Waals surface area contributed by atoms with Crippen LogP contribution >= 0.6 is 12.4 Å². The van der Waals surface area contributed by atoms with Gasteiger partial charge in [0.1, 0.15) is 11.5 Å². The Kier molecular flexibility index (Phi) is 5.76. The van der Waals surface area contributed by atoms with Crippen LogP contribution in [0.25, 0.3) is 0 Å². The zero-order chi connectivity index (χ0) is 17.1. The molecule has 3 N–H and O–H groups in total. The topological polar surface area (TPSA) is 114 Å². The standard InChI is InChI=1S/C16H17N5O3.ClH/c17-15-6-4-12(10-18-15)19-16(22)11-3-5-13(14(9-11)21(23)24)20-7-1-2-8-20;/h3-6,9-10H,1-2,7-8H2,(H2,17,18)(H,19,22);1H. The number of rotatable bonds is 4. The largest absolute Gasteiger partial charge is 0.384 e. The van der Waals surface area contributed by atoms with Crippen LogP contribution in [0, 0.1) is 10.1 Å². The number of carbonyl (C=O) groups is 1. The maximum Gasteiger partial charge on any atom is 0.293 e. The monoisotopic (exact) mass is 363 g/mol. The maximum absolute atomic E-state index is 12.3. The van der Waals surface area contributed by atoms with Crippen LogP contribution in [-0.4, -0.2) is 28.9 Å². The van der Waals surface area contributed by atoms with Crippen LogP contribution in [-0.2, 0) is 0 Å². The van der Waals surface area contributed by atoms with Crippen molar-refractivity contribution in [2.24, 2.45) is 0 Å². The van der Waals surface area contributed by atoms with Crippen molar-refractivity contribution in [3.8, 4) is 0 Å². The van der Waals surface area contributed by atoms with Crippen LogP contribution in [0.3, 0.4) is 0 Å². The fraction of sp³-hybridized carbons (Fsp3) is 0.250. The van der Waals surface area contributed by atoms with Gasteiger partial charge >= 0.3 is 0 Å². The molecule has 132 valence electrons. The second kappa shape index (κ2) is 7.80. The lowest BCUT2D eigenvalue weighted by molar-refractivity contribution is -0.384. The summed E-state index contributed by atoms with van der Waals surface area (Å²) in [6, 6.07) is 7.73. The Morgan fingerprint density at radius 3 is 2.56 bits per heavy atom. The van der Waals surface area contributed by atoms with Crippen molar-refractivity contribution in [2.75, 3.05) is 29.0 Å². The van der Waals surface area contributed by atoms with Crippen LogP contribution in [0.2, 0.25) is 0 Å². The molecular formula is C16H18ClN5O3. The van der Waals surface area contributed by atoms with Crippen LogP contribution in [0.15, 0.2) is 36.5 Å². The summed E-state index contributed by atoms with van der Waals surface area (Å²) in [5.74, 6) is -0.0868. The van der Waals surface area contributed by atoms with Crippen molar-refractivity contribution in [1.82, 2.24) is 4.98 Å². The average molecular weight is 364 g/mol. The summed E-state index contributed by atoms with van der Waals surface area (Å²) in [6.07, 6.45) is 3.47. The molecule has 0 atom stereocenters. The van der Waals surface area contributed by atoms with E-state index in [2.05, 4.69) is 10.3 Å². The van der Waals surface area contributed by atoms with E-state index in [1.807, 2.05) is 4.90 Å². The van der Waals surface area contributed by atoms with Gasteiger partial charge < -0.3 is 16.0 Å². The molecule has 25 heavy (non-hydrogen) atoms. The van der Waals surface area contributed by atoms with Gasteiger partial charge in [-0.15, -0.1) is 12.4 Å². The molecule has 8 nitrogen and oxygen atoms in total. The predicted octanol–water partition coefficient (Wildman–Crippen LogP) is 2.85. The van der Waals surface area contributed by atoms with Crippen LogP contribution in [0.4, 0.5) is 22.9 Å². The minimum absolute atomic E-state index is 0. The zero-order valence-electron chi connectivity index (χ0n) is 13.3. The predicted molar refractivity (Wildman–Crippen MR) is 98.4 cm³/mol. The van der Waals surface area contributed by atoms with Gasteiger partial charge in [-0.3, -0.25) is 14.9 Å². The van der Waals surface area contributed by atoms with Gasteiger partial charge in [0.15, 0.2) is 0 Å². The van der Waals surface area contributed by atoms with Gasteiger partial charge in [-0.1, -0.05) is 0 Å². The first-order chi connectivity index (χ1) is 11.5. The molecule has 9 heteroatoms. The van der Waals surface area contributed by atoms with E-state index in [0.717, 1.165) is 25.9 Å². The highest BCUT2D eigenvalue weighted by Gasteiger charge is 2.23. The number of hydrogen-bond acceptors (Lipinski definition) is 6. The van der Waals surface area contributed by atoms with Gasteiger partial charge in [-0.05, 0) is 37.1 Å². The second-order valence-corrected chi connectivity index (χ2v) is 5.58. The molecule has 0 radical (unpaired) electrons. The van der Waals surface area contributed by atoms with E-state index in [4.69, 9.17) is 5.73 Å². The van der Waals surface area contributed by atoms with Crippen molar-refractivity contribution >= 4 is 41.2 Å². The second-order valence-electron chi connectivity index (χ2n) is 5.58. The Morgan fingerprint density at radius 1 is 1.24 bits per heavy atom. The van der Waals surface area contributed by atoms with E-state index in [-0.39, 0.29) is 23.7 Å². The Hall–Kier alpha value is -2.87. The van der Waals surface area contributed by atoms with Crippen molar-refractivity contribution in [2.45, 2.75) is 12.8 Å². The summed E-state index contributed by atoms with van der Waals surface area (Å²) in [6.45, 7) is 1.59. The summed E-state index contributed by atoms with van der Waals surface area (Å²) in [7, 11) is 0. The van der Waals surface area contributed by atoms with Crippen molar-refractivity contribution in [1.29, 1.82) is 0 Å². The van der Waals surface area contributed by atoms with E-state index in [1.165, 1.54) is 12.3 Å². The highest BCUT2D eigenvalue weighted by atomic mass is 35.5. The third-order valence-corrected chi connectivity index (χ3v) is 3.93. The summed E-state index contributed by atoms with van der Waals surface area (Å²) in [5, 5.41) is 14.0. The van der Waals surface area contributed by atoms with E-state index in [9.17, 15) is 14.9 Å². The molecule has 1 fully saturated rings. The minimum Gasteiger partial charge on any atom is -0.384 e. The summed E-state index contributed by atoms with van der Waals surface area (Å²) < 4.78 is 0. The van der Waals surface area contributed by atoms with E-state index in [0.29, 0.717) is 17.2 Å². The summed E-state index contributed by atoms with van der Waals surface area (Å²) in [4.78, 5) is 29.1. The van der Waals surface area contributed by atoms with E-state index in [1.54, 1.807) is 24.3 Å². The first kappa shape index (κ1) is 18.5. The Balaban J connectivity index is 0.00000225. The number of anilines is 3. The number of aromatic nitrogens is 1. The molecule has 1 aromatic carbocycles. The lowest BCUT2D eigenvalue weighted by atomic mass is 10.1. The molecule has 1 aliphatic rings. The normalized spacial score (nSPS) is 13.2.